The van der Waals surface area contributed by atoms with E-state index in [2.05, 4.69) is 41.5 Å². The van der Waals surface area contributed by atoms with Gasteiger partial charge < -0.3 is 29.2 Å². The molecule has 0 aliphatic rings. The van der Waals surface area contributed by atoms with Gasteiger partial charge in [-0.25, -0.2) is 0 Å². The van der Waals surface area contributed by atoms with Crippen molar-refractivity contribution in [2.75, 3.05) is 39.6 Å². The van der Waals surface area contributed by atoms with Crippen LogP contribution in [-0.4, -0.2) is 61.8 Å². The number of benzene rings is 2. The van der Waals surface area contributed by atoms with Crippen molar-refractivity contribution >= 4 is 11.9 Å². The zero-order chi connectivity index (χ0) is 31.5. The maximum Gasteiger partial charge on any atom is 0.306 e. The van der Waals surface area contributed by atoms with Gasteiger partial charge in [0.15, 0.2) is 0 Å². The molecule has 0 saturated carbocycles. The lowest BCUT2D eigenvalue weighted by molar-refractivity contribution is -0.147. The molecule has 0 aliphatic heterocycles. The molecule has 0 radical (unpaired) electrons. The van der Waals surface area contributed by atoms with Crippen molar-refractivity contribution in [3.05, 3.63) is 57.6 Å². The Bertz CT molecular complexity index is 1090. The summed E-state index contributed by atoms with van der Waals surface area (Å²) in [4.78, 5) is 24.3. The predicted molar refractivity (Wildman–Crippen MR) is 163 cm³/mol. The Morgan fingerprint density at radius 1 is 0.595 bits per heavy atom. The van der Waals surface area contributed by atoms with Gasteiger partial charge in [0.2, 0.25) is 0 Å². The predicted octanol–water partition coefficient (Wildman–Crippen LogP) is 5.99. The van der Waals surface area contributed by atoms with E-state index in [9.17, 15) is 19.8 Å². The normalized spacial score (nSPS) is 11.9. The summed E-state index contributed by atoms with van der Waals surface area (Å²) < 4.78 is 21.3. The first-order valence-corrected chi connectivity index (χ1v) is 14.7. The van der Waals surface area contributed by atoms with Crippen molar-refractivity contribution in [3.63, 3.8) is 0 Å². The molecule has 2 aromatic rings. The third-order valence-corrected chi connectivity index (χ3v) is 7.04. The van der Waals surface area contributed by atoms with E-state index in [1.165, 1.54) is 0 Å². The number of ether oxygens (including phenoxy) is 4. The number of hydrogen-bond acceptors (Lipinski definition) is 8. The molecule has 0 fully saturated rings. The van der Waals surface area contributed by atoms with Gasteiger partial charge in [-0.15, -0.1) is 0 Å². The van der Waals surface area contributed by atoms with Crippen LogP contribution < -0.4 is 0 Å². The fourth-order valence-corrected chi connectivity index (χ4v) is 4.32. The smallest absolute Gasteiger partial charge is 0.306 e. The molecular formula is C34H50O8. The number of aryl methyl sites for hydroxylation is 4. The van der Waals surface area contributed by atoms with Crippen LogP contribution in [0.1, 0.15) is 87.8 Å². The molecule has 0 amide bonds. The van der Waals surface area contributed by atoms with Crippen LogP contribution >= 0.6 is 0 Å². The summed E-state index contributed by atoms with van der Waals surface area (Å²) in [5.74, 6) is -0.235. The molecule has 0 atom stereocenters. The molecule has 0 saturated heterocycles. The van der Waals surface area contributed by atoms with Crippen molar-refractivity contribution in [1.82, 2.24) is 0 Å². The van der Waals surface area contributed by atoms with E-state index in [1.54, 1.807) is 0 Å². The summed E-state index contributed by atoms with van der Waals surface area (Å²) in [7, 11) is 0. The SMILES string of the molecule is Cc1cc(C(C)(C)C)cc(CCC(=O)OCCOCCOCCOC(=O)CCc2cc(C(C)(C)C)cc(C)c2O)c1O. The number of hydrogen-bond donors (Lipinski definition) is 2. The third-order valence-electron chi connectivity index (χ3n) is 7.04. The highest BCUT2D eigenvalue weighted by atomic mass is 16.6. The van der Waals surface area contributed by atoms with Crippen LogP contribution in [0.15, 0.2) is 24.3 Å². The molecule has 0 aromatic heterocycles. The molecule has 0 bridgehead atoms. The van der Waals surface area contributed by atoms with E-state index in [0.717, 1.165) is 33.4 Å². The van der Waals surface area contributed by atoms with Crippen LogP contribution in [0.25, 0.3) is 0 Å². The summed E-state index contributed by atoms with van der Waals surface area (Å²) in [6.07, 6.45) is 1.15. The van der Waals surface area contributed by atoms with E-state index >= 15 is 0 Å². The van der Waals surface area contributed by atoms with E-state index in [1.807, 2.05) is 38.1 Å². The lowest BCUT2D eigenvalue weighted by atomic mass is 9.84. The van der Waals surface area contributed by atoms with Gasteiger partial charge >= 0.3 is 11.9 Å². The minimum absolute atomic E-state index is 0.0519. The minimum atomic E-state index is -0.345. The van der Waals surface area contributed by atoms with Crippen molar-refractivity contribution in [2.24, 2.45) is 0 Å². The Kier molecular flexibility index (Phi) is 13.3. The van der Waals surface area contributed by atoms with Gasteiger partial charge in [-0.05, 0) is 70.9 Å². The van der Waals surface area contributed by atoms with Gasteiger partial charge in [0.1, 0.15) is 24.7 Å². The van der Waals surface area contributed by atoms with Crippen LogP contribution in [0.2, 0.25) is 0 Å². The average Bonchev–Trinajstić information content (AvgIpc) is 2.89. The Morgan fingerprint density at radius 2 is 0.929 bits per heavy atom. The maximum atomic E-state index is 12.1. The molecule has 0 aliphatic carbocycles. The van der Waals surface area contributed by atoms with Crippen molar-refractivity contribution in [2.45, 2.75) is 91.9 Å². The van der Waals surface area contributed by atoms with E-state index < -0.39 is 0 Å². The van der Waals surface area contributed by atoms with Crippen LogP contribution in [0.4, 0.5) is 0 Å². The fourth-order valence-electron chi connectivity index (χ4n) is 4.32. The Balaban J connectivity index is 1.54. The molecule has 0 unspecified atom stereocenters. The lowest BCUT2D eigenvalue weighted by Crippen LogP contribution is -2.16. The van der Waals surface area contributed by atoms with Gasteiger partial charge in [-0.2, -0.15) is 0 Å². The standard InChI is InChI=1S/C34H50O8/c1-23-19-27(33(3,4)5)21-25(31(23)37)9-11-29(35)41-17-15-39-13-14-40-16-18-42-30(36)12-10-26-22-28(34(6,7)8)20-24(2)32(26)38/h19-22,37-38H,9-18H2,1-8H3. The van der Waals surface area contributed by atoms with Gasteiger partial charge in [0.05, 0.1) is 26.4 Å². The summed E-state index contributed by atoms with van der Waals surface area (Å²) in [5.41, 5.74) is 5.22. The first-order valence-electron chi connectivity index (χ1n) is 14.7. The van der Waals surface area contributed by atoms with E-state index in [-0.39, 0.29) is 73.5 Å². The number of phenolic OH excluding ortho intramolecular Hbond substituents is 2. The molecule has 0 heterocycles. The largest absolute Gasteiger partial charge is 0.507 e. The Labute approximate surface area is 251 Å². The van der Waals surface area contributed by atoms with Crippen molar-refractivity contribution in [1.29, 1.82) is 0 Å². The second-order valence-corrected chi connectivity index (χ2v) is 12.8. The number of phenols is 2. The van der Waals surface area contributed by atoms with Gasteiger partial charge in [0, 0.05) is 12.8 Å². The molecule has 42 heavy (non-hydrogen) atoms. The van der Waals surface area contributed by atoms with Crippen LogP contribution in [0, 0.1) is 13.8 Å². The van der Waals surface area contributed by atoms with Gasteiger partial charge in [0.25, 0.3) is 0 Å². The zero-order valence-electron chi connectivity index (χ0n) is 26.7. The van der Waals surface area contributed by atoms with Crippen molar-refractivity contribution in [3.8, 4) is 11.5 Å². The number of carbonyl (C=O) groups is 2. The highest BCUT2D eigenvalue weighted by Gasteiger charge is 2.19. The lowest BCUT2D eigenvalue weighted by Gasteiger charge is -2.21. The minimum Gasteiger partial charge on any atom is -0.507 e. The molecular weight excluding hydrogens is 536 g/mol. The molecule has 8 heteroatoms. The fraction of sp³-hybridized carbons (Fsp3) is 0.588. The van der Waals surface area contributed by atoms with Crippen LogP contribution in [0.5, 0.6) is 11.5 Å². The molecule has 234 valence electrons. The third kappa shape index (κ3) is 11.6. The molecule has 0 spiro atoms. The quantitative estimate of drug-likeness (QED) is 0.193. The maximum absolute atomic E-state index is 12.1. The summed E-state index contributed by atoms with van der Waals surface area (Å²) in [5, 5.41) is 20.8. The molecule has 2 aromatic carbocycles. The summed E-state index contributed by atoms with van der Waals surface area (Å²) in [6.45, 7) is 17.8. The zero-order valence-corrected chi connectivity index (χ0v) is 26.7. The summed E-state index contributed by atoms with van der Waals surface area (Å²) >= 11 is 0. The molecule has 2 rings (SSSR count). The number of rotatable bonds is 15. The Hall–Kier alpha value is -3.10. The highest BCUT2D eigenvalue weighted by molar-refractivity contribution is 5.70. The second kappa shape index (κ2) is 15.9. The highest BCUT2D eigenvalue weighted by Crippen LogP contribution is 2.32. The molecule has 8 nitrogen and oxygen atoms in total. The monoisotopic (exact) mass is 586 g/mol. The average molecular weight is 587 g/mol. The Morgan fingerprint density at radius 3 is 1.26 bits per heavy atom. The van der Waals surface area contributed by atoms with Gasteiger partial charge in [-0.1, -0.05) is 65.8 Å². The first kappa shape index (κ1) is 35.1. The number of esters is 2. The topological polar surface area (TPSA) is 112 Å². The van der Waals surface area contributed by atoms with Crippen LogP contribution in [0.3, 0.4) is 0 Å². The number of aromatic hydroxyl groups is 2. The van der Waals surface area contributed by atoms with E-state index in [4.69, 9.17) is 18.9 Å². The number of carbonyl (C=O) groups excluding carboxylic acids is 2. The first-order chi connectivity index (χ1) is 19.6. The van der Waals surface area contributed by atoms with E-state index in [0.29, 0.717) is 26.1 Å². The molecule has 2 N–H and O–H groups in total. The van der Waals surface area contributed by atoms with Crippen molar-refractivity contribution < 1.29 is 38.7 Å². The summed E-state index contributed by atoms with van der Waals surface area (Å²) in [6, 6.07) is 7.87. The second-order valence-electron chi connectivity index (χ2n) is 12.8. The van der Waals surface area contributed by atoms with Crippen LogP contribution in [-0.2, 0) is 52.2 Å². The van der Waals surface area contributed by atoms with Gasteiger partial charge in [-0.3, -0.25) is 9.59 Å².